The first-order valence-corrected chi connectivity index (χ1v) is 4.02. The minimum absolute atomic E-state index is 0.209. The summed E-state index contributed by atoms with van der Waals surface area (Å²) in [5.74, 6) is 0. The number of aromatic amines is 1. The van der Waals surface area contributed by atoms with Crippen LogP contribution in [0.2, 0.25) is 0 Å². The van der Waals surface area contributed by atoms with Crippen molar-refractivity contribution in [2.75, 3.05) is 5.73 Å². The van der Waals surface area contributed by atoms with Crippen molar-refractivity contribution in [2.24, 2.45) is 0 Å². The third-order valence-electron chi connectivity index (χ3n) is 1.96. The molecular weight excluding hydrogens is 200 g/mol. The zero-order valence-corrected chi connectivity index (χ0v) is 7.43. The van der Waals surface area contributed by atoms with Crippen LogP contribution >= 0.6 is 0 Å². The van der Waals surface area contributed by atoms with Gasteiger partial charge in [0.25, 0.3) is 0 Å². The van der Waals surface area contributed by atoms with E-state index in [1.165, 1.54) is 6.20 Å². The number of nitrogens with one attached hydrogen (secondary N) is 1. The molecule has 2 heterocycles. The summed E-state index contributed by atoms with van der Waals surface area (Å²) in [6, 6.07) is 3.17. The standard InChI is InChI=1S/C8H6N4O3/c9-5-6-4(2-1-3-10-6)11-8(13)7(5)12(14)15/h1-3H,(H3,9,11,13). The molecule has 0 fully saturated rings. The van der Waals surface area contributed by atoms with Crippen LogP contribution in [0.15, 0.2) is 23.1 Å². The van der Waals surface area contributed by atoms with Crippen LogP contribution in [-0.2, 0) is 0 Å². The minimum atomic E-state index is -0.821. The molecule has 0 aliphatic heterocycles. The molecule has 0 atom stereocenters. The van der Waals surface area contributed by atoms with Gasteiger partial charge < -0.3 is 10.7 Å². The fourth-order valence-electron chi connectivity index (χ4n) is 1.32. The van der Waals surface area contributed by atoms with Gasteiger partial charge in [0, 0.05) is 6.20 Å². The predicted octanol–water partition coefficient (Wildman–Crippen LogP) is 0.414. The molecule has 0 aliphatic rings. The zero-order valence-electron chi connectivity index (χ0n) is 7.43. The number of rotatable bonds is 1. The van der Waals surface area contributed by atoms with E-state index in [1.807, 2.05) is 0 Å². The lowest BCUT2D eigenvalue weighted by Gasteiger charge is -2.00. The first kappa shape index (κ1) is 9.13. The van der Waals surface area contributed by atoms with Gasteiger partial charge in [0.1, 0.15) is 11.2 Å². The second-order valence-corrected chi connectivity index (χ2v) is 2.87. The quantitative estimate of drug-likeness (QED) is 0.518. The highest BCUT2D eigenvalue weighted by Crippen LogP contribution is 2.22. The van der Waals surface area contributed by atoms with E-state index in [1.54, 1.807) is 12.1 Å². The summed E-state index contributed by atoms with van der Waals surface area (Å²) in [6.45, 7) is 0. The molecule has 2 aromatic rings. The molecule has 0 radical (unpaired) electrons. The molecule has 2 aromatic heterocycles. The summed E-state index contributed by atoms with van der Waals surface area (Å²) < 4.78 is 0. The Bertz CT molecular complexity index is 604. The molecule has 0 unspecified atom stereocenters. The molecule has 15 heavy (non-hydrogen) atoms. The number of nitrogen functional groups attached to an aromatic ring is 1. The number of nitrogens with zero attached hydrogens (tertiary/aromatic N) is 2. The van der Waals surface area contributed by atoms with Crippen molar-refractivity contribution in [3.63, 3.8) is 0 Å². The number of anilines is 1. The van der Waals surface area contributed by atoms with Gasteiger partial charge >= 0.3 is 11.2 Å². The Kier molecular flexibility index (Phi) is 1.86. The molecule has 76 valence electrons. The molecule has 0 saturated heterocycles. The van der Waals surface area contributed by atoms with Crippen LogP contribution in [0.4, 0.5) is 11.4 Å². The lowest BCUT2D eigenvalue weighted by atomic mass is 10.2. The highest BCUT2D eigenvalue weighted by atomic mass is 16.6. The van der Waals surface area contributed by atoms with Gasteiger partial charge in [0.2, 0.25) is 0 Å². The van der Waals surface area contributed by atoms with Crippen LogP contribution in [0.3, 0.4) is 0 Å². The maximum Gasteiger partial charge on any atom is 0.358 e. The van der Waals surface area contributed by atoms with Crippen LogP contribution < -0.4 is 11.3 Å². The Morgan fingerprint density at radius 1 is 1.53 bits per heavy atom. The largest absolute Gasteiger partial charge is 0.391 e. The number of fused-ring (bicyclic) bond motifs is 1. The van der Waals surface area contributed by atoms with Gasteiger partial charge in [0.15, 0.2) is 0 Å². The number of H-pyrrole nitrogens is 1. The van der Waals surface area contributed by atoms with E-state index < -0.39 is 16.2 Å². The van der Waals surface area contributed by atoms with Gasteiger partial charge in [-0.1, -0.05) is 0 Å². The second-order valence-electron chi connectivity index (χ2n) is 2.87. The highest BCUT2D eigenvalue weighted by molar-refractivity contribution is 5.90. The summed E-state index contributed by atoms with van der Waals surface area (Å²) in [4.78, 5) is 27.2. The van der Waals surface area contributed by atoms with Crippen LogP contribution in [-0.4, -0.2) is 14.9 Å². The average Bonchev–Trinajstić information content (AvgIpc) is 2.17. The Morgan fingerprint density at radius 3 is 2.93 bits per heavy atom. The van der Waals surface area contributed by atoms with Crippen molar-refractivity contribution >= 4 is 22.4 Å². The molecule has 0 bridgehead atoms. The smallest absolute Gasteiger partial charge is 0.358 e. The topological polar surface area (TPSA) is 115 Å². The molecule has 7 nitrogen and oxygen atoms in total. The fourth-order valence-corrected chi connectivity index (χ4v) is 1.32. The highest BCUT2D eigenvalue weighted by Gasteiger charge is 2.20. The average molecular weight is 206 g/mol. The summed E-state index contributed by atoms with van der Waals surface area (Å²) >= 11 is 0. The second kappa shape index (κ2) is 3.05. The van der Waals surface area contributed by atoms with E-state index in [0.717, 1.165) is 0 Å². The van der Waals surface area contributed by atoms with Gasteiger partial charge in [0.05, 0.1) is 10.4 Å². The van der Waals surface area contributed by atoms with Crippen LogP contribution in [0.5, 0.6) is 0 Å². The maximum atomic E-state index is 11.3. The van der Waals surface area contributed by atoms with E-state index >= 15 is 0 Å². The molecule has 0 saturated carbocycles. The predicted molar refractivity (Wildman–Crippen MR) is 53.4 cm³/mol. The van der Waals surface area contributed by atoms with Gasteiger partial charge in [-0.2, -0.15) is 0 Å². The molecule has 0 aromatic carbocycles. The van der Waals surface area contributed by atoms with Crippen molar-refractivity contribution in [3.8, 4) is 0 Å². The molecule has 2 rings (SSSR count). The van der Waals surface area contributed by atoms with Crippen LogP contribution in [0.25, 0.3) is 11.0 Å². The van der Waals surface area contributed by atoms with Crippen molar-refractivity contribution < 1.29 is 4.92 Å². The van der Waals surface area contributed by atoms with Crippen molar-refractivity contribution in [3.05, 3.63) is 38.8 Å². The monoisotopic (exact) mass is 206 g/mol. The van der Waals surface area contributed by atoms with Crippen molar-refractivity contribution in [1.82, 2.24) is 9.97 Å². The Labute approximate surface area is 82.7 Å². The van der Waals surface area contributed by atoms with Crippen LogP contribution in [0, 0.1) is 10.1 Å². The number of nitro groups is 1. The minimum Gasteiger partial charge on any atom is -0.391 e. The molecule has 0 aliphatic carbocycles. The Morgan fingerprint density at radius 2 is 2.27 bits per heavy atom. The third-order valence-corrected chi connectivity index (χ3v) is 1.96. The zero-order chi connectivity index (χ0) is 11.0. The lowest BCUT2D eigenvalue weighted by Crippen LogP contribution is -2.14. The Hall–Kier alpha value is -2.44. The molecular formula is C8H6N4O3. The van der Waals surface area contributed by atoms with E-state index in [4.69, 9.17) is 5.73 Å². The number of hydrogen-bond acceptors (Lipinski definition) is 5. The maximum absolute atomic E-state index is 11.3. The first-order chi connectivity index (χ1) is 7.11. The summed E-state index contributed by atoms with van der Waals surface area (Å²) in [5, 5.41) is 10.6. The SMILES string of the molecule is Nc1c([N+](=O)[O-])c(=O)[nH]c2cccnc12. The van der Waals surface area contributed by atoms with Gasteiger partial charge in [-0.05, 0) is 12.1 Å². The van der Waals surface area contributed by atoms with Crippen LogP contribution in [0.1, 0.15) is 0 Å². The van der Waals surface area contributed by atoms with E-state index in [0.29, 0.717) is 5.52 Å². The Balaban J connectivity index is 2.97. The molecule has 0 amide bonds. The lowest BCUT2D eigenvalue weighted by molar-refractivity contribution is -0.385. The van der Waals surface area contributed by atoms with Gasteiger partial charge in [-0.25, -0.2) is 0 Å². The van der Waals surface area contributed by atoms with Crippen molar-refractivity contribution in [2.45, 2.75) is 0 Å². The van der Waals surface area contributed by atoms with E-state index in [-0.39, 0.29) is 11.2 Å². The number of nitrogens with two attached hydrogens (primary N) is 1. The van der Waals surface area contributed by atoms with E-state index in [2.05, 4.69) is 9.97 Å². The third kappa shape index (κ3) is 1.30. The number of hydrogen-bond donors (Lipinski definition) is 2. The first-order valence-electron chi connectivity index (χ1n) is 4.02. The van der Waals surface area contributed by atoms with Gasteiger partial charge in [-0.15, -0.1) is 0 Å². The normalized spacial score (nSPS) is 10.4. The molecule has 0 spiro atoms. The van der Waals surface area contributed by atoms with Gasteiger partial charge in [-0.3, -0.25) is 19.9 Å². The van der Waals surface area contributed by atoms with Crippen molar-refractivity contribution in [1.29, 1.82) is 0 Å². The fraction of sp³-hybridized carbons (Fsp3) is 0. The number of pyridine rings is 2. The summed E-state index contributed by atoms with van der Waals surface area (Å²) in [6.07, 6.45) is 1.45. The summed E-state index contributed by atoms with van der Waals surface area (Å²) in [7, 11) is 0. The number of aromatic nitrogens is 2. The van der Waals surface area contributed by atoms with E-state index in [9.17, 15) is 14.9 Å². The molecule has 7 heteroatoms. The molecule has 3 N–H and O–H groups in total. The summed E-state index contributed by atoms with van der Waals surface area (Å²) in [5.41, 5.74) is 4.41.